The van der Waals surface area contributed by atoms with E-state index in [0.717, 1.165) is 89.9 Å². The molecule has 0 aromatic heterocycles. The van der Waals surface area contributed by atoms with Crippen LogP contribution in [0.2, 0.25) is 0 Å². The number of carbonyl (C=O) groups excluding carboxylic acids is 2. The van der Waals surface area contributed by atoms with Gasteiger partial charge in [-0.3, -0.25) is 14.2 Å². The number of esters is 2. The standard InChI is InChI=1S/C52H82NO8P/c1-6-8-10-12-14-16-18-20-22-24-26-28-30-32-34-36-38-40-42-44-51(54)58-48-50(49-60-62(56,57)59-47-46-53(3,4)5)61-52(55)45-43-41-39-37-35-33-31-29-27-25-23-21-19-17-15-13-11-9-7-2/h8-11,14-17,20-23,26-29,32-35,39,41,50H,6-7,12-13,18-19,24-25,30-31,36-38,40,42-49H2,1-5H3/b10-8+,11-9+,16-14+,17-15+,22-20+,23-21+,28-26+,29-27+,34-32+,35-33+,41-39+/t50-/m1/s1. The first kappa shape index (κ1) is 58.1. The van der Waals surface area contributed by atoms with Crippen LogP contribution in [-0.4, -0.2) is 70.0 Å². The van der Waals surface area contributed by atoms with Gasteiger partial charge in [0.25, 0.3) is 7.82 Å². The van der Waals surface area contributed by atoms with E-state index in [1.165, 1.54) is 0 Å². The second-order valence-corrected chi connectivity index (χ2v) is 17.1. The smallest absolute Gasteiger partial charge is 0.306 e. The number of quaternary nitrogens is 1. The van der Waals surface area contributed by atoms with Gasteiger partial charge in [-0.05, 0) is 96.3 Å². The molecular weight excluding hydrogens is 798 g/mol. The van der Waals surface area contributed by atoms with Gasteiger partial charge in [-0.2, -0.15) is 0 Å². The van der Waals surface area contributed by atoms with Crippen LogP contribution in [0.1, 0.15) is 129 Å². The number of unbranched alkanes of at least 4 members (excludes halogenated alkanes) is 3. The van der Waals surface area contributed by atoms with Gasteiger partial charge in [0.15, 0.2) is 6.10 Å². The van der Waals surface area contributed by atoms with Crippen molar-refractivity contribution in [3.05, 3.63) is 134 Å². The lowest BCUT2D eigenvalue weighted by Crippen LogP contribution is -2.37. The number of ether oxygens (including phenoxy) is 2. The Balaban J connectivity index is 4.56. The lowest BCUT2D eigenvalue weighted by atomic mass is 10.1. The van der Waals surface area contributed by atoms with E-state index in [1.807, 2.05) is 33.3 Å². The molecule has 0 amide bonds. The molecule has 0 aromatic carbocycles. The Morgan fingerprint density at radius 2 is 0.903 bits per heavy atom. The van der Waals surface area contributed by atoms with Crippen LogP contribution in [0.25, 0.3) is 0 Å². The van der Waals surface area contributed by atoms with Crippen molar-refractivity contribution in [3.8, 4) is 0 Å². The van der Waals surface area contributed by atoms with Gasteiger partial charge in [-0.25, -0.2) is 0 Å². The summed E-state index contributed by atoms with van der Waals surface area (Å²) in [5.74, 6) is -0.987. The molecule has 0 saturated carbocycles. The number of carbonyl (C=O) groups is 2. The molecule has 0 aliphatic carbocycles. The molecule has 10 heteroatoms. The Hall–Kier alpha value is -3.85. The van der Waals surface area contributed by atoms with E-state index in [-0.39, 0.29) is 26.1 Å². The predicted octanol–water partition coefficient (Wildman–Crippen LogP) is 12.8. The second kappa shape index (κ2) is 42.5. The molecule has 0 fully saturated rings. The molecule has 0 saturated heterocycles. The summed E-state index contributed by atoms with van der Waals surface area (Å²) in [7, 11) is 1.07. The highest BCUT2D eigenvalue weighted by molar-refractivity contribution is 7.45. The Kier molecular flexibility index (Phi) is 39.8. The lowest BCUT2D eigenvalue weighted by Gasteiger charge is -2.28. The maximum Gasteiger partial charge on any atom is 0.306 e. The largest absolute Gasteiger partial charge is 0.756 e. The van der Waals surface area contributed by atoms with Crippen molar-refractivity contribution in [1.29, 1.82) is 0 Å². The van der Waals surface area contributed by atoms with Gasteiger partial charge in [0.2, 0.25) is 0 Å². The van der Waals surface area contributed by atoms with Gasteiger partial charge in [0.1, 0.15) is 19.8 Å². The monoisotopic (exact) mass is 880 g/mol. The summed E-state index contributed by atoms with van der Waals surface area (Å²) in [4.78, 5) is 37.6. The summed E-state index contributed by atoms with van der Waals surface area (Å²) in [6.45, 7) is 3.83. The number of nitrogens with zero attached hydrogens (tertiary/aromatic N) is 1. The van der Waals surface area contributed by atoms with Gasteiger partial charge in [-0.1, -0.05) is 154 Å². The number of allylic oxidation sites excluding steroid dienone is 22. The number of hydrogen-bond acceptors (Lipinski definition) is 8. The highest BCUT2D eigenvalue weighted by atomic mass is 31.2. The third kappa shape index (κ3) is 45.7. The molecule has 62 heavy (non-hydrogen) atoms. The van der Waals surface area contributed by atoms with E-state index in [4.69, 9.17) is 18.5 Å². The predicted molar refractivity (Wildman–Crippen MR) is 258 cm³/mol. The van der Waals surface area contributed by atoms with E-state index in [9.17, 15) is 19.0 Å². The fraction of sp³-hybridized carbons (Fsp3) is 0.538. The summed E-state index contributed by atoms with van der Waals surface area (Å²) < 4.78 is 33.8. The van der Waals surface area contributed by atoms with Crippen LogP contribution in [0.3, 0.4) is 0 Å². The van der Waals surface area contributed by atoms with E-state index in [2.05, 4.69) is 135 Å². The van der Waals surface area contributed by atoms with Gasteiger partial charge in [0, 0.05) is 12.8 Å². The van der Waals surface area contributed by atoms with Crippen LogP contribution in [0.15, 0.2) is 134 Å². The van der Waals surface area contributed by atoms with Crippen molar-refractivity contribution in [3.63, 3.8) is 0 Å². The fourth-order valence-corrected chi connectivity index (χ4v) is 5.90. The van der Waals surface area contributed by atoms with Crippen LogP contribution in [0, 0.1) is 0 Å². The Morgan fingerprint density at radius 1 is 0.500 bits per heavy atom. The first-order valence-electron chi connectivity index (χ1n) is 22.9. The van der Waals surface area contributed by atoms with Crippen molar-refractivity contribution < 1.29 is 42.1 Å². The van der Waals surface area contributed by atoms with E-state index >= 15 is 0 Å². The number of phosphoric acid groups is 1. The van der Waals surface area contributed by atoms with Gasteiger partial charge in [-0.15, -0.1) is 0 Å². The molecule has 0 heterocycles. The second-order valence-electron chi connectivity index (χ2n) is 15.6. The maximum absolute atomic E-state index is 12.7. The quantitative estimate of drug-likeness (QED) is 0.0197. The average Bonchev–Trinajstić information content (AvgIpc) is 3.23. The molecular formula is C52H82NO8P. The van der Waals surface area contributed by atoms with Crippen LogP contribution >= 0.6 is 7.82 Å². The van der Waals surface area contributed by atoms with Gasteiger partial charge >= 0.3 is 11.9 Å². The zero-order chi connectivity index (χ0) is 45.7. The maximum atomic E-state index is 12.7. The number of rotatable bonds is 39. The molecule has 0 bridgehead atoms. The molecule has 348 valence electrons. The molecule has 1 unspecified atom stereocenters. The van der Waals surface area contributed by atoms with Crippen LogP contribution in [0.5, 0.6) is 0 Å². The lowest BCUT2D eigenvalue weighted by molar-refractivity contribution is -0.870. The molecule has 2 atom stereocenters. The van der Waals surface area contributed by atoms with E-state index in [1.54, 1.807) is 0 Å². The normalized spacial score (nSPS) is 14.7. The van der Waals surface area contributed by atoms with Crippen molar-refractivity contribution in [2.45, 2.75) is 136 Å². The molecule has 0 aromatic rings. The summed E-state index contributed by atoms with van der Waals surface area (Å²) in [6.07, 6.45) is 60.7. The van der Waals surface area contributed by atoms with Crippen molar-refractivity contribution >= 4 is 19.8 Å². The summed E-state index contributed by atoms with van der Waals surface area (Å²) in [6, 6.07) is 0. The first-order valence-corrected chi connectivity index (χ1v) is 24.4. The summed E-state index contributed by atoms with van der Waals surface area (Å²) in [5, 5.41) is 0. The molecule has 0 spiro atoms. The zero-order valence-corrected chi connectivity index (χ0v) is 39.9. The highest BCUT2D eigenvalue weighted by Crippen LogP contribution is 2.38. The molecule has 0 radical (unpaired) electrons. The minimum absolute atomic E-state index is 0.0588. The van der Waals surface area contributed by atoms with E-state index in [0.29, 0.717) is 23.9 Å². The van der Waals surface area contributed by atoms with Crippen molar-refractivity contribution in [2.24, 2.45) is 0 Å². The number of phosphoric ester groups is 1. The summed E-state index contributed by atoms with van der Waals surface area (Å²) in [5.41, 5.74) is 0. The number of likely N-dealkylation sites (N-methyl/N-ethyl adjacent to an activating group) is 1. The summed E-state index contributed by atoms with van der Waals surface area (Å²) >= 11 is 0. The third-order valence-electron chi connectivity index (χ3n) is 8.68. The molecule has 0 aliphatic rings. The highest BCUT2D eigenvalue weighted by Gasteiger charge is 2.21. The third-order valence-corrected chi connectivity index (χ3v) is 9.64. The zero-order valence-electron chi connectivity index (χ0n) is 39.0. The van der Waals surface area contributed by atoms with Crippen LogP contribution < -0.4 is 4.89 Å². The topological polar surface area (TPSA) is 111 Å². The Bertz CT molecular complexity index is 1510. The van der Waals surface area contributed by atoms with Crippen LogP contribution in [-0.2, 0) is 32.7 Å². The fourth-order valence-electron chi connectivity index (χ4n) is 5.17. The molecule has 0 aliphatic heterocycles. The van der Waals surface area contributed by atoms with Gasteiger partial charge in [0.05, 0.1) is 27.7 Å². The molecule has 0 N–H and O–H groups in total. The molecule has 0 rings (SSSR count). The minimum atomic E-state index is -4.67. The van der Waals surface area contributed by atoms with Crippen molar-refractivity contribution in [1.82, 2.24) is 0 Å². The Labute approximate surface area is 377 Å². The van der Waals surface area contributed by atoms with E-state index < -0.39 is 32.5 Å². The first-order chi connectivity index (χ1) is 30.0. The Morgan fingerprint density at radius 3 is 1.32 bits per heavy atom. The number of hydrogen-bond donors (Lipinski definition) is 0. The molecule has 9 nitrogen and oxygen atoms in total. The SMILES string of the molecule is CC/C=C/C/C=C/C/C=C/C/C=C/C/C=C/C/C=C/CCC(=O)O[C@H](COC(=O)CCCCC/C=C/C/C=C/C/C=C/C/C=C/C/C=C/CC)COP(=O)([O-])OCC[N+](C)(C)C. The van der Waals surface area contributed by atoms with Crippen molar-refractivity contribution in [2.75, 3.05) is 47.5 Å². The van der Waals surface area contributed by atoms with Crippen LogP contribution in [0.4, 0.5) is 0 Å². The average molecular weight is 880 g/mol. The van der Waals surface area contributed by atoms with Gasteiger partial charge < -0.3 is 27.9 Å². The minimum Gasteiger partial charge on any atom is -0.756 e.